The number of hydrogen-bond acceptors (Lipinski definition) is 2. The van der Waals surface area contributed by atoms with Gasteiger partial charge < -0.3 is 15.3 Å². The molecular weight excluding hydrogens is 373 g/mol. The molecule has 0 spiro atoms. The Labute approximate surface area is 156 Å². The van der Waals surface area contributed by atoms with Crippen LogP contribution in [0.5, 0.6) is 0 Å². The summed E-state index contributed by atoms with van der Waals surface area (Å²) >= 11 is 0. The Morgan fingerprint density at radius 2 is 1.96 bits per heavy atom. The zero-order valence-corrected chi connectivity index (χ0v) is 14.6. The van der Waals surface area contributed by atoms with Crippen molar-refractivity contribution in [3.05, 3.63) is 69.9 Å². The lowest BCUT2D eigenvalue weighted by molar-refractivity contribution is -0.136. The van der Waals surface area contributed by atoms with Crippen molar-refractivity contribution in [2.45, 2.75) is 19.5 Å². The summed E-state index contributed by atoms with van der Waals surface area (Å²) in [6, 6.07) is 5.85. The van der Waals surface area contributed by atoms with Crippen LogP contribution in [0.4, 0.5) is 18.9 Å². The van der Waals surface area contributed by atoms with Gasteiger partial charge in [0.1, 0.15) is 11.2 Å². The number of hydrogen-bond donors (Lipinski definition) is 3. The van der Waals surface area contributed by atoms with Crippen molar-refractivity contribution in [3.8, 4) is 0 Å². The minimum absolute atomic E-state index is 0.00389. The van der Waals surface area contributed by atoms with Gasteiger partial charge >= 0.3 is 6.18 Å². The van der Waals surface area contributed by atoms with E-state index in [2.05, 4.69) is 15.3 Å². The zero-order valence-electron chi connectivity index (χ0n) is 14.6. The second kappa shape index (κ2) is 6.29. The fourth-order valence-corrected chi connectivity index (χ4v) is 3.13. The molecule has 0 radical (unpaired) electrons. The summed E-state index contributed by atoms with van der Waals surface area (Å²) in [5.74, 6) is -0.656. The van der Waals surface area contributed by atoms with E-state index in [-0.39, 0.29) is 22.2 Å². The Morgan fingerprint density at radius 1 is 1.18 bits per heavy atom. The summed E-state index contributed by atoms with van der Waals surface area (Å²) in [5, 5.41) is 2.56. The number of anilines is 1. The summed E-state index contributed by atoms with van der Waals surface area (Å²) in [6.07, 6.45) is 0.134. The van der Waals surface area contributed by atoms with Crippen molar-refractivity contribution < 1.29 is 18.0 Å². The summed E-state index contributed by atoms with van der Waals surface area (Å²) in [4.78, 5) is 30.5. The van der Waals surface area contributed by atoms with Gasteiger partial charge in [0.25, 0.3) is 11.5 Å². The molecule has 0 bridgehead atoms. The monoisotopic (exact) mass is 388 g/mol. The number of halogens is 3. The number of aromatic amines is 2. The highest BCUT2D eigenvalue weighted by Gasteiger charge is 2.33. The Balaban J connectivity index is 1.66. The molecule has 9 heteroatoms. The van der Waals surface area contributed by atoms with Crippen LogP contribution in [-0.2, 0) is 12.6 Å². The van der Waals surface area contributed by atoms with Crippen LogP contribution in [-0.4, -0.2) is 20.3 Å². The number of H-pyrrole nitrogens is 2. The largest absolute Gasteiger partial charge is 0.418 e. The van der Waals surface area contributed by atoms with Gasteiger partial charge in [-0.3, -0.25) is 14.0 Å². The lowest BCUT2D eigenvalue weighted by Gasteiger charge is -2.07. The molecule has 0 fully saturated rings. The predicted molar refractivity (Wildman–Crippen MR) is 98.6 cm³/mol. The maximum atomic E-state index is 13.0. The minimum atomic E-state index is -4.47. The number of amides is 1. The lowest BCUT2D eigenvalue weighted by atomic mass is 10.1. The van der Waals surface area contributed by atoms with Crippen molar-refractivity contribution in [1.82, 2.24) is 14.4 Å². The van der Waals surface area contributed by atoms with E-state index >= 15 is 0 Å². The molecule has 4 rings (SSSR count). The van der Waals surface area contributed by atoms with Crippen LogP contribution in [0.25, 0.3) is 16.6 Å². The molecule has 3 aromatic heterocycles. The van der Waals surface area contributed by atoms with Crippen LogP contribution in [0.1, 0.15) is 28.4 Å². The van der Waals surface area contributed by atoms with Crippen molar-refractivity contribution in [3.63, 3.8) is 0 Å². The highest BCUT2D eigenvalue weighted by atomic mass is 19.4. The molecule has 0 saturated heterocycles. The Morgan fingerprint density at radius 3 is 2.68 bits per heavy atom. The first kappa shape index (κ1) is 17.9. The minimum Gasteiger partial charge on any atom is -0.360 e. The quantitative estimate of drug-likeness (QED) is 0.497. The molecule has 0 saturated carbocycles. The number of aryl methyl sites for hydroxylation is 1. The molecule has 3 heterocycles. The van der Waals surface area contributed by atoms with Gasteiger partial charge in [-0.05, 0) is 30.2 Å². The SMILES string of the molecule is CCc1cc2[nH]cc(C(=O)Nc3ccc4c(C(F)(F)F)c[nH]c4c3)c(=O)n2c1. The number of carbonyl (C=O) groups is 1. The summed E-state index contributed by atoms with van der Waals surface area (Å²) in [5.41, 5.74) is 0.664. The molecule has 0 aliphatic rings. The molecule has 28 heavy (non-hydrogen) atoms. The summed E-state index contributed by atoms with van der Waals surface area (Å²) < 4.78 is 40.2. The van der Waals surface area contributed by atoms with Gasteiger partial charge in [-0.2, -0.15) is 13.2 Å². The standard InChI is InChI=1S/C19H15F3N4O2/c1-2-10-5-16-24-7-13(18(28)26(16)9-10)17(27)25-11-3-4-12-14(19(20,21)22)8-23-15(12)6-11/h3-9,23-24H,2H2,1H3,(H,25,27). The summed E-state index contributed by atoms with van der Waals surface area (Å²) in [6.45, 7) is 1.95. The first-order valence-electron chi connectivity index (χ1n) is 8.50. The summed E-state index contributed by atoms with van der Waals surface area (Å²) in [7, 11) is 0. The third-order valence-electron chi connectivity index (χ3n) is 4.59. The normalized spacial score (nSPS) is 12.0. The lowest BCUT2D eigenvalue weighted by Crippen LogP contribution is -2.25. The van der Waals surface area contributed by atoms with E-state index in [4.69, 9.17) is 0 Å². The van der Waals surface area contributed by atoms with Gasteiger partial charge in [0.15, 0.2) is 0 Å². The molecule has 0 aliphatic carbocycles. The fraction of sp³-hybridized carbons (Fsp3) is 0.158. The first-order valence-corrected chi connectivity index (χ1v) is 8.50. The Bertz CT molecular complexity index is 1260. The Kier molecular flexibility index (Phi) is 4.02. The van der Waals surface area contributed by atoms with Crippen LogP contribution >= 0.6 is 0 Å². The van der Waals surface area contributed by atoms with E-state index in [1.54, 1.807) is 6.20 Å². The molecule has 3 N–H and O–H groups in total. The highest BCUT2D eigenvalue weighted by Crippen LogP contribution is 2.35. The topological polar surface area (TPSA) is 82.2 Å². The fourth-order valence-electron chi connectivity index (χ4n) is 3.13. The molecule has 0 unspecified atom stereocenters. The van der Waals surface area contributed by atoms with Crippen molar-refractivity contribution in [2.24, 2.45) is 0 Å². The highest BCUT2D eigenvalue weighted by molar-refractivity contribution is 6.04. The van der Waals surface area contributed by atoms with E-state index in [0.29, 0.717) is 5.65 Å². The van der Waals surface area contributed by atoms with E-state index in [9.17, 15) is 22.8 Å². The van der Waals surface area contributed by atoms with E-state index in [1.165, 1.54) is 28.8 Å². The van der Waals surface area contributed by atoms with Crippen LogP contribution in [0, 0.1) is 0 Å². The van der Waals surface area contributed by atoms with Crippen LogP contribution < -0.4 is 10.9 Å². The predicted octanol–water partition coefficient (Wildman–Crippen LogP) is 3.94. The van der Waals surface area contributed by atoms with Crippen LogP contribution in [0.2, 0.25) is 0 Å². The molecule has 144 valence electrons. The van der Waals surface area contributed by atoms with Crippen molar-refractivity contribution in [2.75, 3.05) is 5.32 Å². The third-order valence-corrected chi connectivity index (χ3v) is 4.59. The van der Waals surface area contributed by atoms with Crippen LogP contribution in [0.3, 0.4) is 0 Å². The van der Waals surface area contributed by atoms with Crippen LogP contribution in [0.15, 0.2) is 47.7 Å². The molecule has 0 atom stereocenters. The van der Waals surface area contributed by atoms with Gasteiger partial charge in [0.2, 0.25) is 0 Å². The van der Waals surface area contributed by atoms with Gasteiger partial charge in [0.05, 0.1) is 5.56 Å². The molecular formula is C19H15F3N4O2. The number of aromatic nitrogens is 3. The molecule has 4 aromatic rings. The van der Waals surface area contributed by atoms with E-state index < -0.39 is 23.2 Å². The number of nitrogens with zero attached hydrogens (tertiary/aromatic N) is 1. The molecule has 6 nitrogen and oxygen atoms in total. The maximum absolute atomic E-state index is 13.0. The van der Waals surface area contributed by atoms with Crippen molar-refractivity contribution >= 4 is 28.1 Å². The average Bonchev–Trinajstić information content (AvgIpc) is 3.25. The number of benzene rings is 1. The number of alkyl halides is 3. The second-order valence-electron chi connectivity index (χ2n) is 6.38. The second-order valence-corrected chi connectivity index (χ2v) is 6.38. The van der Waals surface area contributed by atoms with Gasteiger partial charge in [-0.15, -0.1) is 0 Å². The zero-order chi connectivity index (χ0) is 20.1. The third kappa shape index (κ3) is 2.94. The molecule has 1 aromatic carbocycles. The van der Waals surface area contributed by atoms with E-state index in [1.807, 2.05) is 13.0 Å². The molecule has 0 aliphatic heterocycles. The average molecular weight is 388 g/mol. The number of rotatable bonds is 3. The number of carbonyl (C=O) groups excluding carboxylic acids is 1. The molecule has 1 amide bonds. The number of nitrogens with one attached hydrogen (secondary N) is 3. The van der Waals surface area contributed by atoms with E-state index in [0.717, 1.165) is 18.2 Å². The van der Waals surface area contributed by atoms with Gasteiger partial charge in [-0.25, -0.2) is 0 Å². The Hall–Kier alpha value is -3.49. The smallest absolute Gasteiger partial charge is 0.360 e. The maximum Gasteiger partial charge on any atom is 0.418 e. The van der Waals surface area contributed by atoms with Gasteiger partial charge in [-0.1, -0.05) is 13.0 Å². The number of fused-ring (bicyclic) bond motifs is 2. The van der Waals surface area contributed by atoms with Crippen molar-refractivity contribution in [1.29, 1.82) is 0 Å². The van der Waals surface area contributed by atoms with Gasteiger partial charge in [0, 0.05) is 35.2 Å². The first-order chi connectivity index (χ1) is 13.3.